The number of hydrogen-bond acceptors (Lipinski definition) is 3. The maximum absolute atomic E-state index is 13.6. The van der Waals surface area contributed by atoms with E-state index in [-0.39, 0.29) is 5.69 Å². The fourth-order valence-electron chi connectivity index (χ4n) is 3.16. The number of aryl methyl sites for hydroxylation is 2. The van der Waals surface area contributed by atoms with Gasteiger partial charge in [0.2, 0.25) is 15.9 Å². The largest absolute Gasteiger partial charge is 0.350 e. The Morgan fingerprint density at radius 3 is 2.39 bits per heavy atom. The van der Waals surface area contributed by atoms with Crippen LogP contribution in [0.4, 0.5) is 10.1 Å². The Morgan fingerprint density at radius 1 is 1.11 bits per heavy atom. The number of benzene rings is 2. The van der Waals surface area contributed by atoms with E-state index in [0.29, 0.717) is 6.54 Å². The van der Waals surface area contributed by atoms with Crippen LogP contribution in [0.5, 0.6) is 0 Å². The van der Waals surface area contributed by atoms with Crippen molar-refractivity contribution in [3.8, 4) is 0 Å². The summed E-state index contributed by atoms with van der Waals surface area (Å²) >= 11 is 0. The average molecular weight is 407 g/mol. The standard InChI is InChI=1S/C21H27FN2O3S/c1-5-16-10-11-17(6-2)18(12-16)14-23-21(25)15(3)24(28(4,26)27)20-9-7-8-19(22)13-20/h7-13,15H,5-6,14H2,1-4H3,(H,23,25)/t15-/m1/s1. The Hall–Kier alpha value is -2.41. The third-order valence-corrected chi connectivity index (χ3v) is 5.91. The highest BCUT2D eigenvalue weighted by molar-refractivity contribution is 7.92. The highest BCUT2D eigenvalue weighted by Crippen LogP contribution is 2.22. The molecule has 0 unspecified atom stereocenters. The lowest BCUT2D eigenvalue weighted by Crippen LogP contribution is -2.47. The molecule has 152 valence electrons. The molecule has 0 aromatic heterocycles. The SMILES string of the molecule is CCc1ccc(CC)c(CNC(=O)[C@@H](C)N(c2cccc(F)c2)S(C)(=O)=O)c1. The molecule has 2 rings (SSSR count). The van der Waals surface area contributed by atoms with Crippen LogP contribution in [-0.2, 0) is 34.2 Å². The Bertz CT molecular complexity index is 944. The molecule has 1 atom stereocenters. The number of anilines is 1. The van der Waals surface area contributed by atoms with Gasteiger partial charge in [-0.25, -0.2) is 12.8 Å². The number of sulfonamides is 1. The molecule has 0 saturated heterocycles. The number of hydrogen-bond donors (Lipinski definition) is 1. The number of nitrogens with one attached hydrogen (secondary N) is 1. The van der Waals surface area contributed by atoms with Crippen LogP contribution >= 0.6 is 0 Å². The molecule has 0 aliphatic carbocycles. The zero-order valence-electron chi connectivity index (χ0n) is 16.7. The van der Waals surface area contributed by atoms with E-state index in [1.165, 1.54) is 30.7 Å². The van der Waals surface area contributed by atoms with Gasteiger partial charge in [0.25, 0.3) is 0 Å². The number of amides is 1. The summed E-state index contributed by atoms with van der Waals surface area (Å²) < 4.78 is 39.1. The van der Waals surface area contributed by atoms with E-state index in [4.69, 9.17) is 0 Å². The molecule has 0 aliphatic rings. The van der Waals surface area contributed by atoms with E-state index >= 15 is 0 Å². The van der Waals surface area contributed by atoms with Crippen LogP contribution in [0, 0.1) is 5.82 Å². The zero-order chi connectivity index (χ0) is 20.9. The number of nitrogens with zero attached hydrogens (tertiary/aromatic N) is 1. The van der Waals surface area contributed by atoms with Crippen molar-refractivity contribution in [3.63, 3.8) is 0 Å². The third-order valence-electron chi connectivity index (χ3n) is 4.66. The summed E-state index contributed by atoms with van der Waals surface area (Å²) in [5, 5.41) is 2.82. The molecule has 0 aliphatic heterocycles. The van der Waals surface area contributed by atoms with Gasteiger partial charge in [0.05, 0.1) is 11.9 Å². The van der Waals surface area contributed by atoms with Crippen LogP contribution in [0.15, 0.2) is 42.5 Å². The predicted octanol–water partition coefficient (Wildman–Crippen LogP) is 3.42. The summed E-state index contributed by atoms with van der Waals surface area (Å²) in [5.74, 6) is -1.01. The van der Waals surface area contributed by atoms with E-state index in [1.807, 2.05) is 6.92 Å². The van der Waals surface area contributed by atoms with Crippen molar-refractivity contribution in [2.24, 2.45) is 0 Å². The van der Waals surface area contributed by atoms with Crippen molar-refractivity contribution in [2.75, 3.05) is 10.6 Å². The van der Waals surface area contributed by atoms with Crippen molar-refractivity contribution in [1.29, 1.82) is 0 Å². The Kier molecular flexibility index (Phi) is 7.18. The second-order valence-corrected chi connectivity index (χ2v) is 8.60. The Balaban J connectivity index is 2.22. The maximum atomic E-state index is 13.6. The van der Waals surface area contributed by atoms with Crippen molar-refractivity contribution in [3.05, 3.63) is 65.0 Å². The molecule has 0 radical (unpaired) electrons. The lowest BCUT2D eigenvalue weighted by Gasteiger charge is -2.28. The molecule has 5 nitrogen and oxygen atoms in total. The summed E-state index contributed by atoms with van der Waals surface area (Å²) in [6, 6.07) is 10.4. The summed E-state index contributed by atoms with van der Waals surface area (Å²) in [7, 11) is -3.78. The molecule has 0 heterocycles. The minimum absolute atomic E-state index is 0.118. The quantitative estimate of drug-likeness (QED) is 0.730. The van der Waals surface area contributed by atoms with Crippen LogP contribution in [0.1, 0.15) is 37.5 Å². The third kappa shape index (κ3) is 5.32. The van der Waals surface area contributed by atoms with Crippen LogP contribution in [0.25, 0.3) is 0 Å². The van der Waals surface area contributed by atoms with Gasteiger partial charge < -0.3 is 5.32 Å². The first kappa shape index (κ1) is 21.9. The van der Waals surface area contributed by atoms with Gasteiger partial charge in [-0.05, 0) is 54.7 Å². The minimum Gasteiger partial charge on any atom is -0.350 e. The molecule has 7 heteroatoms. The number of carbonyl (C=O) groups excluding carboxylic acids is 1. The van der Waals surface area contributed by atoms with Crippen LogP contribution in [0.2, 0.25) is 0 Å². The van der Waals surface area contributed by atoms with Crippen molar-refractivity contribution in [2.45, 2.75) is 46.2 Å². The van der Waals surface area contributed by atoms with Crippen molar-refractivity contribution < 1.29 is 17.6 Å². The smallest absolute Gasteiger partial charge is 0.243 e. The first-order valence-electron chi connectivity index (χ1n) is 9.30. The normalized spacial score (nSPS) is 12.5. The van der Waals surface area contributed by atoms with Gasteiger partial charge in [-0.2, -0.15) is 0 Å². The van der Waals surface area contributed by atoms with Crippen LogP contribution < -0.4 is 9.62 Å². The Labute approximate surface area is 166 Å². The fraction of sp³-hybridized carbons (Fsp3) is 0.381. The monoisotopic (exact) mass is 406 g/mol. The molecule has 1 amide bonds. The summed E-state index contributed by atoms with van der Waals surface area (Å²) in [6.45, 7) is 5.91. The second-order valence-electron chi connectivity index (χ2n) is 6.74. The van der Waals surface area contributed by atoms with Crippen LogP contribution in [0.3, 0.4) is 0 Å². The molecule has 0 spiro atoms. The number of rotatable bonds is 8. The summed E-state index contributed by atoms with van der Waals surface area (Å²) in [6.07, 6.45) is 2.73. The summed E-state index contributed by atoms with van der Waals surface area (Å²) in [4.78, 5) is 12.7. The molecule has 1 N–H and O–H groups in total. The molecule has 0 saturated carbocycles. The van der Waals surface area contributed by atoms with Crippen molar-refractivity contribution in [1.82, 2.24) is 5.32 Å². The van der Waals surface area contributed by atoms with Gasteiger partial charge in [-0.15, -0.1) is 0 Å². The molecule has 0 bridgehead atoms. The summed E-state index contributed by atoms with van der Waals surface area (Å²) in [5.41, 5.74) is 3.44. The lowest BCUT2D eigenvalue weighted by molar-refractivity contribution is -0.122. The van der Waals surface area contributed by atoms with E-state index < -0.39 is 27.8 Å². The highest BCUT2D eigenvalue weighted by Gasteiger charge is 2.29. The molecule has 2 aromatic carbocycles. The first-order chi connectivity index (χ1) is 13.2. The van der Waals surface area contributed by atoms with Gasteiger partial charge in [-0.1, -0.05) is 38.1 Å². The van der Waals surface area contributed by atoms with Gasteiger partial charge >= 0.3 is 0 Å². The molecular weight excluding hydrogens is 379 g/mol. The number of halogens is 1. The predicted molar refractivity (Wildman–Crippen MR) is 110 cm³/mol. The van der Waals surface area contributed by atoms with E-state index in [0.717, 1.165) is 40.6 Å². The van der Waals surface area contributed by atoms with E-state index in [1.54, 1.807) is 0 Å². The average Bonchev–Trinajstić information content (AvgIpc) is 2.64. The number of carbonyl (C=O) groups is 1. The second kappa shape index (κ2) is 9.19. The zero-order valence-corrected chi connectivity index (χ0v) is 17.5. The first-order valence-corrected chi connectivity index (χ1v) is 11.2. The topological polar surface area (TPSA) is 66.5 Å². The van der Waals surface area contributed by atoms with E-state index in [9.17, 15) is 17.6 Å². The molecule has 28 heavy (non-hydrogen) atoms. The van der Waals surface area contributed by atoms with Crippen molar-refractivity contribution >= 4 is 21.6 Å². The minimum atomic E-state index is -3.78. The fourth-order valence-corrected chi connectivity index (χ4v) is 4.33. The Morgan fingerprint density at radius 2 is 1.82 bits per heavy atom. The maximum Gasteiger partial charge on any atom is 0.243 e. The van der Waals surface area contributed by atoms with Gasteiger partial charge in [0, 0.05) is 6.54 Å². The van der Waals surface area contributed by atoms with Gasteiger partial charge in [0.15, 0.2) is 0 Å². The lowest BCUT2D eigenvalue weighted by atomic mass is 10.0. The molecule has 2 aromatic rings. The molecule has 0 fully saturated rings. The van der Waals surface area contributed by atoms with Gasteiger partial charge in [-0.3, -0.25) is 9.10 Å². The van der Waals surface area contributed by atoms with Crippen LogP contribution in [-0.4, -0.2) is 26.6 Å². The van der Waals surface area contributed by atoms with E-state index in [2.05, 4.69) is 30.4 Å². The van der Waals surface area contributed by atoms with Gasteiger partial charge in [0.1, 0.15) is 11.9 Å². The molecular formula is C21H27FN2O3S. The highest BCUT2D eigenvalue weighted by atomic mass is 32.2.